The first-order valence-electron chi connectivity index (χ1n) is 3.96. The fraction of sp³-hybridized carbons (Fsp3) is 0.250. The van der Waals surface area contributed by atoms with Crippen LogP contribution in [0.25, 0.3) is 0 Å². The average Bonchev–Trinajstić information content (AvgIpc) is 2.01. The van der Waals surface area contributed by atoms with Crippen LogP contribution in [-0.4, -0.2) is 6.98 Å². The van der Waals surface area contributed by atoms with E-state index in [1.165, 1.54) is 12.1 Å². The zero-order valence-corrected chi connectivity index (χ0v) is 11.2. The Bertz CT molecular complexity index is 312. The van der Waals surface area contributed by atoms with Gasteiger partial charge in [-0.3, -0.25) is 0 Å². The van der Waals surface area contributed by atoms with Gasteiger partial charge in [0.15, 0.2) is 0 Å². The number of hydrogen-bond donors (Lipinski definition) is 0. The zero-order valence-electron chi connectivity index (χ0n) is 8.06. The van der Waals surface area contributed by atoms with Gasteiger partial charge < -0.3 is 12.9 Å². The maximum atomic E-state index is 12.1. The molecule has 0 aliphatic rings. The van der Waals surface area contributed by atoms with E-state index in [0.29, 0.717) is 0 Å². The summed E-state index contributed by atoms with van der Waals surface area (Å²) in [6.45, 7) is -4.96. The SMILES string of the molecule is FC(F)c1cccc(C[B-](F)(F)F)c1.[K+]. The molecule has 78 valence electrons. The molecule has 0 N–H and O–H groups in total. The molecule has 0 bridgehead atoms. The molecule has 15 heavy (non-hydrogen) atoms. The van der Waals surface area contributed by atoms with Gasteiger partial charge in [0.2, 0.25) is 0 Å². The molecule has 0 heterocycles. The van der Waals surface area contributed by atoms with Crippen LogP contribution in [0.15, 0.2) is 24.3 Å². The van der Waals surface area contributed by atoms with Gasteiger partial charge in [0, 0.05) is 5.56 Å². The molecule has 1 aromatic carbocycles. The molecule has 0 spiro atoms. The minimum Gasteiger partial charge on any atom is -0.449 e. The van der Waals surface area contributed by atoms with Crippen molar-refractivity contribution in [1.82, 2.24) is 0 Å². The fourth-order valence-corrected chi connectivity index (χ4v) is 1.12. The molecule has 0 atom stereocenters. The summed E-state index contributed by atoms with van der Waals surface area (Å²) >= 11 is 0. The molecule has 0 saturated heterocycles. The predicted octanol–water partition coefficient (Wildman–Crippen LogP) is 0.557. The molecule has 0 radical (unpaired) electrons. The largest absolute Gasteiger partial charge is 1.00 e. The minimum atomic E-state index is -4.96. The second kappa shape index (κ2) is 6.34. The average molecular weight is 248 g/mol. The second-order valence-electron chi connectivity index (χ2n) is 2.96. The molecule has 0 nitrogen and oxygen atoms in total. The second-order valence-corrected chi connectivity index (χ2v) is 2.96. The summed E-state index contributed by atoms with van der Waals surface area (Å²) < 4.78 is 60.1. The van der Waals surface area contributed by atoms with Crippen LogP contribution >= 0.6 is 0 Å². The minimum absolute atomic E-state index is 0. The molecular formula is C8H7BF5K. The molecular weight excluding hydrogens is 241 g/mol. The number of benzene rings is 1. The molecule has 0 fully saturated rings. The third-order valence-corrected chi connectivity index (χ3v) is 1.67. The van der Waals surface area contributed by atoms with Crippen molar-refractivity contribution in [2.75, 3.05) is 0 Å². The van der Waals surface area contributed by atoms with Crippen LogP contribution in [0.4, 0.5) is 21.7 Å². The van der Waals surface area contributed by atoms with E-state index in [-0.39, 0.29) is 62.5 Å². The van der Waals surface area contributed by atoms with Crippen molar-refractivity contribution in [3.05, 3.63) is 35.4 Å². The van der Waals surface area contributed by atoms with Crippen LogP contribution in [0.3, 0.4) is 0 Å². The van der Waals surface area contributed by atoms with Crippen LogP contribution < -0.4 is 51.4 Å². The Kier molecular flexibility index (Phi) is 6.58. The molecule has 0 amide bonds. The van der Waals surface area contributed by atoms with Crippen LogP contribution in [0.2, 0.25) is 0 Å². The van der Waals surface area contributed by atoms with Crippen LogP contribution in [0.1, 0.15) is 17.6 Å². The summed E-state index contributed by atoms with van der Waals surface area (Å²) in [5.74, 6) is 0. The van der Waals surface area contributed by atoms with E-state index in [1.807, 2.05) is 0 Å². The topological polar surface area (TPSA) is 0 Å². The van der Waals surface area contributed by atoms with E-state index in [4.69, 9.17) is 0 Å². The summed E-state index contributed by atoms with van der Waals surface area (Å²) in [7, 11) is 0. The Labute approximate surface area is 127 Å². The van der Waals surface area contributed by atoms with Gasteiger partial charge in [-0.2, -0.15) is 0 Å². The summed E-state index contributed by atoms with van der Waals surface area (Å²) in [5.41, 5.74) is -0.488. The number of rotatable bonds is 3. The standard InChI is InChI=1S/C8H7BF5.K/c10-8(11)7-3-1-2-6(4-7)5-9(12,13)14;/h1-4,8H,5H2;/q-1;+1. The first-order valence-corrected chi connectivity index (χ1v) is 3.96. The molecule has 0 unspecified atom stereocenters. The van der Waals surface area contributed by atoms with E-state index < -0.39 is 19.7 Å². The summed E-state index contributed by atoms with van der Waals surface area (Å²) in [6.07, 6.45) is -3.84. The van der Waals surface area contributed by atoms with E-state index in [9.17, 15) is 21.7 Å². The van der Waals surface area contributed by atoms with Crippen molar-refractivity contribution >= 4 is 6.98 Å². The van der Waals surface area contributed by atoms with Gasteiger partial charge in [0.25, 0.3) is 6.43 Å². The third-order valence-electron chi connectivity index (χ3n) is 1.67. The van der Waals surface area contributed by atoms with Gasteiger partial charge in [0.05, 0.1) is 0 Å². The molecule has 0 aromatic heterocycles. The van der Waals surface area contributed by atoms with Gasteiger partial charge >= 0.3 is 58.4 Å². The van der Waals surface area contributed by atoms with Gasteiger partial charge in [-0.25, -0.2) is 8.78 Å². The maximum Gasteiger partial charge on any atom is 1.00 e. The monoisotopic (exact) mass is 248 g/mol. The van der Waals surface area contributed by atoms with Gasteiger partial charge in [-0.15, -0.1) is 0 Å². The number of alkyl halides is 2. The first-order chi connectivity index (χ1) is 6.38. The predicted molar refractivity (Wildman–Crippen MR) is 44.2 cm³/mol. The first kappa shape index (κ1) is 15.6. The molecule has 0 saturated carbocycles. The van der Waals surface area contributed by atoms with Crippen molar-refractivity contribution in [1.29, 1.82) is 0 Å². The van der Waals surface area contributed by atoms with Crippen molar-refractivity contribution in [2.24, 2.45) is 0 Å². The number of halogens is 5. The van der Waals surface area contributed by atoms with E-state index in [0.717, 1.165) is 12.1 Å². The van der Waals surface area contributed by atoms with Crippen molar-refractivity contribution in [3.63, 3.8) is 0 Å². The summed E-state index contributed by atoms with van der Waals surface area (Å²) in [4.78, 5) is 0. The Morgan fingerprint density at radius 2 is 1.73 bits per heavy atom. The quantitative estimate of drug-likeness (QED) is 0.541. The third kappa shape index (κ3) is 6.01. The Morgan fingerprint density at radius 1 is 1.13 bits per heavy atom. The normalized spacial score (nSPS) is 11.3. The Morgan fingerprint density at radius 3 is 2.20 bits per heavy atom. The van der Waals surface area contributed by atoms with Gasteiger partial charge in [0.1, 0.15) is 0 Å². The molecule has 1 rings (SSSR count). The zero-order chi connectivity index (χ0) is 10.8. The molecule has 0 aliphatic heterocycles. The van der Waals surface area contributed by atoms with Crippen LogP contribution in [0.5, 0.6) is 0 Å². The maximum absolute atomic E-state index is 12.1. The Hall–Kier alpha value is 0.571. The smallest absolute Gasteiger partial charge is 0.449 e. The van der Waals surface area contributed by atoms with Crippen molar-refractivity contribution in [2.45, 2.75) is 12.7 Å². The molecule has 0 aliphatic carbocycles. The Balaban J connectivity index is 0.00000196. The summed E-state index contributed by atoms with van der Waals surface area (Å²) in [5, 5.41) is 0. The summed E-state index contributed by atoms with van der Waals surface area (Å²) in [6, 6.07) is 4.40. The fourth-order valence-electron chi connectivity index (χ4n) is 1.12. The molecule has 1 aromatic rings. The van der Waals surface area contributed by atoms with E-state index in [1.54, 1.807) is 0 Å². The van der Waals surface area contributed by atoms with Crippen molar-refractivity contribution in [3.8, 4) is 0 Å². The van der Waals surface area contributed by atoms with Gasteiger partial charge in [-0.05, 0) is 0 Å². The number of hydrogen-bond acceptors (Lipinski definition) is 0. The molecule has 7 heteroatoms. The van der Waals surface area contributed by atoms with Crippen LogP contribution in [0, 0.1) is 0 Å². The van der Waals surface area contributed by atoms with Crippen molar-refractivity contribution < 1.29 is 73.1 Å². The van der Waals surface area contributed by atoms with Crippen LogP contribution in [-0.2, 0) is 6.32 Å². The van der Waals surface area contributed by atoms with Gasteiger partial charge in [-0.1, -0.05) is 36.1 Å². The van der Waals surface area contributed by atoms with E-state index in [2.05, 4.69) is 0 Å². The van der Waals surface area contributed by atoms with E-state index >= 15 is 0 Å².